The minimum absolute atomic E-state index is 0.0196. The maximum Gasteiger partial charge on any atom is 0.344 e. The summed E-state index contributed by atoms with van der Waals surface area (Å²) in [5.74, 6) is -2.55. The molecule has 1 aromatic carbocycles. The second kappa shape index (κ2) is 11.6. The van der Waals surface area contributed by atoms with E-state index in [0.717, 1.165) is 0 Å². The molecule has 3 N–H and O–H groups in total. The fourth-order valence-corrected chi connectivity index (χ4v) is 4.94. The van der Waals surface area contributed by atoms with Gasteiger partial charge in [0, 0.05) is 13.3 Å². The maximum atomic E-state index is 12.9. The van der Waals surface area contributed by atoms with E-state index in [1.807, 2.05) is 0 Å². The number of ether oxygens (including phenoxy) is 2. The summed E-state index contributed by atoms with van der Waals surface area (Å²) in [5, 5.41) is 1.12. The largest absolute Gasteiger partial charge is 0.464 e. The van der Waals surface area contributed by atoms with Gasteiger partial charge < -0.3 is 24.6 Å². The van der Waals surface area contributed by atoms with Crippen LogP contribution in [-0.4, -0.2) is 51.5 Å². The van der Waals surface area contributed by atoms with E-state index in [4.69, 9.17) is 9.47 Å². The van der Waals surface area contributed by atoms with E-state index >= 15 is 0 Å². The zero-order valence-electron chi connectivity index (χ0n) is 19.3. The smallest absolute Gasteiger partial charge is 0.344 e. The monoisotopic (exact) mass is 471 g/mol. The van der Waals surface area contributed by atoms with Crippen LogP contribution in [0.3, 0.4) is 0 Å². The average Bonchev–Trinajstić information content (AvgIpc) is 2.71. The third-order valence-electron chi connectivity index (χ3n) is 5.66. The molecule has 9 nitrogen and oxygen atoms in total. The van der Waals surface area contributed by atoms with Crippen LogP contribution < -0.4 is 5.32 Å². The molecule has 1 aromatic rings. The first kappa shape index (κ1) is 27.8. The molecule has 1 rings (SSSR count). The molecule has 0 bridgehead atoms. The Kier molecular flexibility index (Phi) is 10.1. The van der Waals surface area contributed by atoms with Crippen molar-refractivity contribution in [1.82, 2.24) is 5.32 Å². The Morgan fingerprint density at radius 3 is 1.69 bits per heavy atom. The van der Waals surface area contributed by atoms with Gasteiger partial charge in [0.2, 0.25) is 11.4 Å². The minimum Gasteiger partial charge on any atom is -0.464 e. The molecule has 0 atom stereocenters. The molecule has 0 aliphatic heterocycles. The van der Waals surface area contributed by atoms with Crippen LogP contribution in [0.2, 0.25) is 0 Å². The highest BCUT2D eigenvalue weighted by atomic mass is 31.2. The van der Waals surface area contributed by atoms with Gasteiger partial charge in [0.1, 0.15) is 0 Å². The van der Waals surface area contributed by atoms with Crippen LogP contribution in [-0.2, 0) is 41.3 Å². The van der Waals surface area contributed by atoms with Gasteiger partial charge in [-0.25, -0.2) is 9.59 Å². The number of benzene rings is 1. The molecular formula is C22H34NO8P. The van der Waals surface area contributed by atoms with Crippen LogP contribution >= 0.6 is 7.60 Å². The summed E-state index contributed by atoms with van der Waals surface area (Å²) >= 11 is 0. The summed E-state index contributed by atoms with van der Waals surface area (Å²) in [7, 11) is -4.48. The van der Waals surface area contributed by atoms with Gasteiger partial charge in [-0.15, -0.1) is 0 Å². The molecule has 10 heteroatoms. The maximum absolute atomic E-state index is 12.9. The molecule has 0 aromatic heterocycles. The van der Waals surface area contributed by atoms with Gasteiger partial charge in [-0.2, -0.15) is 0 Å². The van der Waals surface area contributed by atoms with Gasteiger partial charge in [-0.1, -0.05) is 38.1 Å². The van der Waals surface area contributed by atoms with Gasteiger partial charge in [0.15, 0.2) is 0 Å². The Hall–Kier alpha value is -2.22. The second-order valence-electron chi connectivity index (χ2n) is 7.63. The Morgan fingerprint density at radius 1 is 0.906 bits per heavy atom. The van der Waals surface area contributed by atoms with E-state index in [9.17, 15) is 28.7 Å². The number of nitrogens with one attached hydrogen (secondary N) is 1. The molecule has 0 spiro atoms. The number of rotatable bonds is 12. The molecule has 0 saturated heterocycles. The molecule has 180 valence electrons. The van der Waals surface area contributed by atoms with Crippen LogP contribution in [0.4, 0.5) is 0 Å². The molecule has 32 heavy (non-hydrogen) atoms. The minimum atomic E-state index is -4.48. The van der Waals surface area contributed by atoms with Crippen molar-refractivity contribution in [3.63, 3.8) is 0 Å². The summed E-state index contributed by atoms with van der Waals surface area (Å²) in [6, 6.07) is 6.74. The van der Waals surface area contributed by atoms with Gasteiger partial charge in [-0.05, 0) is 44.2 Å². The van der Waals surface area contributed by atoms with Crippen LogP contribution in [0, 0.1) is 0 Å². The van der Waals surface area contributed by atoms with E-state index < -0.39 is 36.1 Å². The van der Waals surface area contributed by atoms with Crippen molar-refractivity contribution in [2.75, 3.05) is 13.2 Å². The molecule has 0 unspecified atom stereocenters. The predicted octanol–water partition coefficient (Wildman–Crippen LogP) is 2.51. The first-order valence-electron chi connectivity index (χ1n) is 10.7. The highest BCUT2D eigenvalue weighted by Crippen LogP contribution is 2.56. The number of hydrogen-bond donors (Lipinski definition) is 3. The third kappa shape index (κ3) is 6.18. The van der Waals surface area contributed by atoms with E-state index in [1.54, 1.807) is 52.0 Å². The fourth-order valence-electron chi connectivity index (χ4n) is 3.74. The van der Waals surface area contributed by atoms with Crippen molar-refractivity contribution in [2.24, 2.45) is 0 Å². The van der Waals surface area contributed by atoms with Gasteiger partial charge >= 0.3 is 19.5 Å². The van der Waals surface area contributed by atoms with Crippen molar-refractivity contribution in [3.8, 4) is 0 Å². The summed E-state index contributed by atoms with van der Waals surface area (Å²) in [4.78, 5) is 57.9. The lowest BCUT2D eigenvalue weighted by Gasteiger charge is -2.34. The Balaban J connectivity index is 3.61. The lowest BCUT2D eigenvalue weighted by atomic mass is 9.84. The van der Waals surface area contributed by atoms with Crippen molar-refractivity contribution < 1.29 is 38.2 Å². The predicted molar refractivity (Wildman–Crippen MR) is 119 cm³/mol. The number of amides is 1. The Morgan fingerprint density at radius 2 is 1.34 bits per heavy atom. The molecule has 0 aliphatic rings. The lowest BCUT2D eigenvalue weighted by molar-refractivity contribution is -0.168. The van der Waals surface area contributed by atoms with E-state index in [1.165, 1.54) is 6.92 Å². The first-order valence-corrected chi connectivity index (χ1v) is 12.3. The summed E-state index contributed by atoms with van der Waals surface area (Å²) in [6.45, 7) is 7.71. The lowest BCUT2D eigenvalue weighted by Crippen LogP contribution is -2.62. The standard InChI is InChI=1S/C22H34NO8P/c1-6-21(7-2,32(27,28)29)14-17-12-10-11-13-18(17)15-22(23-16(5)24,19(25)30-8-3)20(26)31-9-4/h10-13H,6-9,14-15H2,1-5H3,(H,23,24)(H2,27,28,29). The highest BCUT2D eigenvalue weighted by molar-refractivity contribution is 7.53. The summed E-state index contributed by atoms with van der Waals surface area (Å²) < 4.78 is 22.6. The molecular weight excluding hydrogens is 437 g/mol. The molecule has 0 saturated carbocycles. The molecule has 1 amide bonds. The number of carbonyl (C=O) groups is 3. The van der Waals surface area contributed by atoms with E-state index in [-0.39, 0.29) is 38.9 Å². The van der Waals surface area contributed by atoms with Crippen LogP contribution in [0.15, 0.2) is 24.3 Å². The van der Waals surface area contributed by atoms with Gasteiger partial charge in [0.25, 0.3) is 0 Å². The fraction of sp³-hybridized carbons (Fsp3) is 0.591. The Labute approximate surface area is 189 Å². The second-order valence-corrected chi connectivity index (χ2v) is 9.66. The van der Waals surface area contributed by atoms with Crippen molar-refractivity contribution in [2.45, 2.75) is 71.0 Å². The van der Waals surface area contributed by atoms with E-state index in [2.05, 4.69) is 5.32 Å². The van der Waals surface area contributed by atoms with Crippen LogP contribution in [0.1, 0.15) is 58.6 Å². The van der Waals surface area contributed by atoms with Gasteiger partial charge in [0.05, 0.1) is 18.4 Å². The zero-order valence-corrected chi connectivity index (χ0v) is 20.2. The number of esters is 2. The molecule has 0 fully saturated rings. The number of hydrogen-bond acceptors (Lipinski definition) is 6. The summed E-state index contributed by atoms with van der Waals surface area (Å²) in [5.41, 5.74) is -1.10. The SMILES string of the molecule is CCOC(=O)C(Cc1ccccc1CC(CC)(CC)P(=O)(O)O)(NC(C)=O)C(=O)OCC. The highest BCUT2D eigenvalue weighted by Gasteiger charge is 2.51. The number of carbonyl (C=O) groups excluding carboxylic acids is 3. The molecule has 0 aliphatic carbocycles. The van der Waals surface area contributed by atoms with Gasteiger partial charge in [-0.3, -0.25) is 9.36 Å². The normalized spacial score (nSPS) is 12.2. The first-order chi connectivity index (χ1) is 14.9. The average molecular weight is 471 g/mol. The Bertz CT molecular complexity index is 841. The third-order valence-corrected chi connectivity index (χ3v) is 7.69. The summed E-state index contributed by atoms with van der Waals surface area (Å²) in [6.07, 6.45) is 0.205. The van der Waals surface area contributed by atoms with Crippen LogP contribution in [0.5, 0.6) is 0 Å². The van der Waals surface area contributed by atoms with E-state index in [0.29, 0.717) is 11.1 Å². The topological polar surface area (TPSA) is 139 Å². The van der Waals surface area contributed by atoms with Crippen molar-refractivity contribution in [1.29, 1.82) is 0 Å². The quantitative estimate of drug-likeness (QED) is 0.240. The van der Waals surface area contributed by atoms with Crippen molar-refractivity contribution >= 4 is 25.4 Å². The molecule has 0 radical (unpaired) electrons. The van der Waals surface area contributed by atoms with Crippen LogP contribution in [0.25, 0.3) is 0 Å². The van der Waals surface area contributed by atoms with Crippen molar-refractivity contribution in [3.05, 3.63) is 35.4 Å². The zero-order chi connectivity index (χ0) is 24.6. The molecule has 0 heterocycles.